The van der Waals surface area contributed by atoms with Gasteiger partial charge in [0.2, 0.25) is 5.95 Å². The van der Waals surface area contributed by atoms with Crippen molar-refractivity contribution in [2.75, 3.05) is 12.4 Å². The molecular formula is C30H25Br2N5O3S. The van der Waals surface area contributed by atoms with Gasteiger partial charge in [0.15, 0.2) is 5.78 Å². The highest BCUT2D eigenvalue weighted by Gasteiger charge is 2.22. The maximum atomic E-state index is 12.9. The van der Waals surface area contributed by atoms with Crippen LogP contribution in [0.4, 0.5) is 5.95 Å². The van der Waals surface area contributed by atoms with Crippen LogP contribution in [0.5, 0.6) is 0 Å². The van der Waals surface area contributed by atoms with Crippen molar-refractivity contribution >= 4 is 75.4 Å². The van der Waals surface area contributed by atoms with Crippen molar-refractivity contribution in [3.63, 3.8) is 0 Å². The molecule has 0 aliphatic carbocycles. The summed E-state index contributed by atoms with van der Waals surface area (Å²) in [6.45, 7) is 3.32. The zero-order valence-corrected chi connectivity index (χ0v) is 26.3. The number of aromatic nitrogens is 4. The number of Topliss-reactive ketones (excluding diaryl/α,β-unsaturated/α-hetero) is 1. The third-order valence-electron chi connectivity index (χ3n) is 6.49. The number of ketones is 1. The van der Waals surface area contributed by atoms with Crippen LogP contribution in [0.15, 0.2) is 99.2 Å². The molecule has 0 radical (unpaired) electrons. The van der Waals surface area contributed by atoms with Crippen LogP contribution in [0.3, 0.4) is 0 Å². The maximum absolute atomic E-state index is 12.9. The summed E-state index contributed by atoms with van der Waals surface area (Å²) in [5, 5.41) is 4.70. The molecule has 3 heterocycles. The predicted octanol–water partition coefficient (Wildman–Crippen LogP) is 7.58. The second kappa shape index (κ2) is 11.6. The summed E-state index contributed by atoms with van der Waals surface area (Å²) in [5.41, 5.74) is 4.92. The number of carbonyl (C=O) groups is 1. The molecule has 11 heteroatoms. The lowest BCUT2D eigenvalue weighted by Gasteiger charge is -2.08. The Balaban J connectivity index is 0.000000169. The van der Waals surface area contributed by atoms with E-state index in [-0.39, 0.29) is 10.7 Å². The number of carbonyl (C=O) groups excluding carboxylic acids is 1. The van der Waals surface area contributed by atoms with E-state index in [1.165, 1.54) is 17.1 Å². The molecule has 0 atom stereocenters. The first-order valence-electron chi connectivity index (χ1n) is 12.5. The SMILES string of the molecule is CC(=O)c1cn(S(=O)(=O)c2ccc(C)cc2)c2ccc(Br)cc12.CNc1nccc(-c2c[nH]c3ccc(Br)cc23)n1. The van der Waals surface area contributed by atoms with Crippen molar-refractivity contribution in [2.24, 2.45) is 0 Å². The minimum absolute atomic E-state index is 0.175. The first-order chi connectivity index (χ1) is 19.6. The highest BCUT2D eigenvalue weighted by Crippen LogP contribution is 2.30. The van der Waals surface area contributed by atoms with Crippen molar-refractivity contribution < 1.29 is 13.2 Å². The van der Waals surface area contributed by atoms with Crippen LogP contribution in [-0.4, -0.2) is 40.2 Å². The average molecular weight is 695 g/mol. The number of nitrogens with one attached hydrogen (secondary N) is 2. The third kappa shape index (κ3) is 5.83. The van der Waals surface area contributed by atoms with Crippen LogP contribution in [0.2, 0.25) is 0 Å². The Hall–Kier alpha value is -3.80. The molecule has 6 rings (SSSR count). The van der Waals surface area contributed by atoms with Crippen molar-refractivity contribution in [1.29, 1.82) is 0 Å². The van der Waals surface area contributed by atoms with Gasteiger partial charge < -0.3 is 10.3 Å². The van der Waals surface area contributed by atoms with Crippen molar-refractivity contribution in [2.45, 2.75) is 18.7 Å². The summed E-state index contributed by atoms with van der Waals surface area (Å²) in [6, 6.07) is 19.9. The van der Waals surface area contributed by atoms with Gasteiger partial charge in [0.25, 0.3) is 10.0 Å². The van der Waals surface area contributed by atoms with Gasteiger partial charge in [-0.2, -0.15) is 0 Å². The molecule has 208 valence electrons. The van der Waals surface area contributed by atoms with Gasteiger partial charge in [0.05, 0.1) is 16.1 Å². The Morgan fingerprint density at radius 1 is 0.951 bits per heavy atom. The molecule has 2 N–H and O–H groups in total. The van der Waals surface area contributed by atoms with Gasteiger partial charge in [-0.3, -0.25) is 4.79 Å². The average Bonchev–Trinajstić information content (AvgIpc) is 3.55. The fourth-order valence-corrected chi connectivity index (χ4v) is 6.50. The molecule has 0 fully saturated rings. The van der Waals surface area contributed by atoms with E-state index >= 15 is 0 Å². The molecule has 0 spiro atoms. The van der Waals surface area contributed by atoms with Crippen LogP contribution in [-0.2, 0) is 10.0 Å². The van der Waals surface area contributed by atoms with Gasteiger partial charge in [-0.05, 0) is 68.4 Å². The van der Waals surface area contributed by atoms with E-state index in [2.05, 4.69) is 58.2 Å². The normalized spacial score (nSPS) is 11.3. The van der Waals surface area contributed by atoms with Gasteiger partial charge in [0, 0.05) is 62.0 Å². The van der Waals surface area contributed by atoms with Crippen molar-refractivity contribution in [3.8, 4) is 11.3 Å². The number of benzene rings is 3. The van der Waals surface area contributed by atoms with Crippen molar-refractivity contribution in [1.82, 2.24) is 18.9 Å². The van der Waals surface area contributed by atoms with Gasteiger partial charge in [-0.15, -0.1) is 0 Å². The molecule has 3 aromatic heterocycles. The molecule has 6 aromatic rings. The molecule has 0 saturated heterocycles. The van der Waals surface area contributed by atoms with Gasteiger partial charge in [0.1, 0.15) is 0 Å². The van der Waals surface area contributed by atoms with E-state index in [4.69, 9.17) is 0 Å². The molecule has 0 aliphatic heterocycles. The number of H-pyrrole nitrogens is 1. The smallest absolute Gasteiger partial charge is 0.268 e. The van der Waals surface area contributed by atoms with Crippen LogP contribution >= 0.6 is 31.9 Å². The van der Waals surface area contributed by atoms with E-state index in [1.54, 1.807) is 48.7 Å². The lowest BCUT2D eigenvalue weighted by atomic mass is 10.1. The van der Waals surface area contributed by atoms with Gasteiger partial charge >= 0.3 is 0 Å². The van der Waals surface area contributed by atoms with Crippen LogP contribution in [0.25, 0.3) is 33.1 Å². The van der Waals surface area contributed by atoms with E-state index in [1.807, 2.05) is 38.4 Å². The summed E-state index contributed by atoms with van der Waals surface area (Å²) in [5.74, 6) is 0.447. The number of hydrogen-bond donors (Lipinski definition) is 2. The topological polar surface area (TPSA) is 110 Å². The number of fused-ring (bicyclic) bond motifs is 2. The molecule has 0 saturated carbocycles. The second-order valence-electron chi connectivity index (χ2n) is 9.28. The monoisotopic (exact) mass is 693 g/mol. The Morgan fingerprint density at radius 2 is 1.63 bits per heavy atom. The molecule has 0 aliphatic rings. The number of hydrogen-bond acceptors (Lipinski definition) is 6. The molecular weight excluding hydrogens is 670 g/mol. The standard InChI is InChI=1S/C17H14BrNO3S.C13H11BrN4/c1-11-3-6-14(7-4-11)23(21,22)19-10-16(12(2)20)15-9-13(18)5-8-17(15)19;1-15-13-16-5-4-12(18-13)10-7-17-11-3-2-8(14)6-9(10)11/h3-10H,1-2H3;2-7,17H,1H3,(H,15,16,18). The van der Waals surface area contributed by atoms with E-state index in [9.17, 15) is 13.2 Å². The molecule has 3 aromatic carbocycles. The first kappa shape index (κ1) is 28.7. The van der Waals surface area contributed by atoms with Crippen LogP contribution in [0, 0.1) is 6.92 Å². The van der Waals surface area contributed by atoms with Gasteiger partial charge in [-0.1, -0.05) is 49.6 Å². The fraction of sp³-hybridized carbons (Fsp3) is 0.100. The first-order valence-corrected chi connectivity index (χ1v) is 15.5. The molecule has 41 heavy (non-hydrogen) atoms. The molecule has 0 amide bonds. The number of rotatable bonds is 5. The third-order valence-corrected chi connectivity index (χ3v) is 9.16. The summed E-state index contributed by atoms with van der Waals surface area (Å²) in [7, 11) is -1.95. The predicted molar refractivity (Wildman–Crippen MR) is 170 cm³/mol. The Bertz CT molecular complexity index is 2020. The van der Waals surface area contributed by atoms with E-state index in [0.29, 0.717) is 22.4 Å². The largest absolute Gasteiger partial charge is 0.360 e. The van der Waals surface area contributed by atoms with Crippen molar-refractivity contribution in [3.05, 3.63) is 105 Å². The highest BCUT2D eigenvalue weighted by atomic mass is 79.9. The lowest BCUT2D eigenvalue weighted by Crippen LogP contribution is -2.11. The number of anilines is 1. The summed E-state index contributed by atoms with van der Waals surface area (Å²) >= 11 is 6.85. The van der Waals surface area contributed by atoms with Crippen LogP contribution < -0.4 is 5.32 Å². The summed E-state index contributed by atoms with van der Waals surface area (Å²) in [6.07, 6.45) is 5.12. The minimum Gasteiger partial charge on any atom is -0.360 e. The van der Waals surface area contributed by atoms with Gasteiger partial charge in [-0.25, -0.2) is 22.4 Å². The molecule has 8 nitrogen and oxygen atoms in total. The highest BCUT2D eigenvalue weighted by molar-refractivity contribution is 9.10. The Kier molecular flexibility index (Phi) is 8.12. The Morgan fingerprint density at radius 3 is 2.32 bits per heavy atom. The fourth-order valence-electron chi connectivity index (χ4n) is 4.41. The molecule has 0 bridgehead atoms. The number of nitrogens with zero attached hydrogens (tertiary/aromatic N) is 3. The maximum Gasteiger partial charge on any atom is 0.268 e. The van der Waals surface area contributed by atoms with E-state index < -0.39 is 10.0 Å². The molecule has 0 unspecified atom stereocenters. The zero-order chi connectivity index (χ0) is 29.3. The lowest BCUT2D eigenvalue weighted by molar-refractivity contribution is 0.101. The number of aromatic amines is 1. The second-order valence-corrected chi connectivity index (χ2v) is 12.9. The summed E-state index contributed by atoms with van der Waals surface area (Å²) < 4.78 is 28.9. The summed E-state index contributed by atoms with van der Waals surface area (Å²) in [4.78, 5) is 23.9. The number of halogens is 2. The number of aryl methyl sites for hydroxylation is 1. The minimum atomic E-state index is -3.76. The zero-order valence-electron chi connectivity index (χ0n) is 22.3. The Labute approximate surface area is 254 Å². The van der Waals surface area contributed by atoms with Crippen LogP contribution in [0.1, 0.15) is 22.8 Å². The van der Waals surface area contributed by atoms with E-state index in [0.717, 1.165) is 36.7 Å². The quantitative estimate of drug-likeness (QED) is 0.180.